The average molecular weight is 311 g/mol. The maximum Gasteiger partial charge on any atom is 0.243 e. The molecule has 0 radical (unpaired) electrons. The van der Waals surface area contributed by atoms with E-state index in [-0.39, 0.29) is 18.4 Å². The summed E-state index contributed by atoms with van der Waals surface area (Å²) in [4.78, 5) is 26.9. The van der Waals surface area contributed by atoms with Crippen LogP contribution in [-0.4, -0.2) is 32.5 Å². The maximum absolute atomic E-state index is 12.1. The number of hydrogen-bond acceptors (Lipinski definition) is 3. The fourth-order valence-corrected chi connectivity index (χ4v) is 2.14. The van der Waals surface area contributed by atoms with E-state index < -0.39 is 0 Å². The van der Waals surface area contributed by atoms with Crippen molar-refractivity contribution in [3.8, 4) is 0 Å². The first-order valence-electron chi connectivity index (χ1n) is 7.38. The Morgan fingerprint density at radius 1 is 0.913 bits per heavy atom. The van der Waals surface area contributed by atoms with Crippen LogP contribution < -0.4 is 15.1 Å². The number of rotatable bonds is 5. The highest BCUT2D eigenvalue weighted by Crippen LogP contribution is 2.17. The first kappa shape index (κ1) is 16.5. The summed E-state index contributed by atoms with van der Waals surface area (Å²) in [5, 5.41) is 2.85. The van der Waals surface area contributed by atoms with Gasteiger partial charge in [0.2, 0.25) is 11.8 Å². The number of likely N-dealkylation sites (N-methyl/N-ethyl adjacent to an activating group) is 1. The van der Waals surface area contributed by atoms with E-state index in [2.05, 4.69) is 5.32 Å². The lowest BCUT2D eigenvalue weighted by Crippen LogP contribution is -2.30. The van der Waals surface area contributed by atoms with Crippen LogP contribution in [0.5, 0.6) is 0 Å². The normalized spacial score (nSPS) is 10.0. The van der Waals surface area contributed by atoms with Crippen molar-refractivity contribution in [2.24, 2.45) is 0 Å². The quantitative estimate of drug-likeness (QED) is 0.924. The molecule has 0 fully saturated rings. The molecule has 5 heteroatoms. The number of hydrogen-bond donors (Lipinski definition) is 1. The number of anilines is 3. The molecule has 120 valence electrons. The molecule has 0 aliphatic carbocycles. The zero-order chi connectivity index (χ0) is 16.8. The lowest BCUT2D eigenvalue weighted by Gasteiger charge is -2.19. The fraction of sp³-hybridized carbons (Fsp3) is 0.222. The second kappa shape index (κ2) is 7.45. The smallest absolute Gasteiger partial charge is 0.243 e. The van der Waals surface area contributed by atoms with Crippen molar-refractivity contribution in [3.63, 3.8) is 0 Å². The number of amides is 2. The molecule has 0 heterocycles. The first-order chi connectivity index (χ1) is 11.0. The van der Waals surface area contributed by atoms with Gasteiger partial charge in [-0.3, -0.25) is 9.59 Å². The van der Waals surface area contributed by atoms with Crippen molar-refractivity contribution in [3.05, 3.63) is 54.6 Å². The Labute approximate surface area is 136 Å². The Morgan fingerprint density at radius 3 is 2.09 bits per heavy atom. The molecule has 23 heavy (non-hydrogen) atoms. The van der Waals surface area contributed by atoms with Gasteiger partial charge in [0.25, 0.3) is 0 Å². The van der Waals surface area contributed by atoms with Gasteiger partial charge in [0.15, 0.2) is 0 Å². The van der Waals surface area contributed by atoms with E-state index in [0.717, 1.165) is 11.4 Å². The highest BCUT2D eigenvalue weighted by atomic mass is 16.2. The van der Waals surface area contributed by atoms with Gasteiger partial charge in [0, 0.05) is 38.1 Å². The third kappa shape index (κ3) is 4.57. The van der Waals surface area contributed by atoms with Gasteiger partial charge in [-0.15, -0.1) is 0 Å². The summed E-state index contributed by atoms with van der Waals surface area (Å²) in [6.45, 7) is 1.77. The van der Waals surface area contributed by atoms with Crippen LogP contribution in [0.2, 0.25) is 0 Å². The van der Waals surface area contributed by atoms with Crippen LogP contribution in [0.3, 0.4) is 0 Å². The average Bonchev–Trinajstić information content (AvgIpc) is 2.55. The summed E-state index contributed by atoms with van der Waals surface area (Å²) >= 11 is 0. The molecule has 2 aromatic rings. The Bertz CT molecular complexity index is 668. The number of para-hydroxylation sites is 1. The third-order valence-electron chi connectivity index (χ3n) is 3.59. The van der Waals surface area contributed by atoms with E-state index in [4.69, 9.17) is 0 Å². The van der Waals surface area contributed by atoms with E-state index in [1.165, 1.54) is 6.92 Å². The topological polar surface area (TPSA) is 52.7 Å². The lowest BCUT2D eigenvalue weighted by molar-refractivity contribution is -0.116. The molecule has 2 rings (SSSR count). The van der Waals surface area contributed by atoms with Crippen molar-refractivity contribution < 1.29 is 9.59 Å². The van der Waals surface area contributed by atoms with Crippen molar-refractivity contribution in [1.82, 2.24) is 0 Å². The van der Waals surface area contributed by atoms with Gasteiger partial charge < -0.3 is 15.1 Å². The Hall–Kier alpha value is -2.82. The Morgan fingerprint density at radius 2 is 1.52 bits per heavy atom. The van der Waals surface area contributed by atoms with Crippen molar-refractivity contribution in [2.75, 3.05) is 35.8 Å². The minimum Gasteiger partial charge on any atom is -0.365 e. The number of benzene rings is 2. The minimum atomic E-state index is -0.0935. The monoisotopic (exact) mass is 311 g/mol. The molecule has 0 saturated heterocycles. The number of carbonyl (C=O) groups excluding carboxylic acids is 2. The minimum absolute atomic E-state index is 0.0359. The van der Waals surface area contributed by atoms with Crippen LogP contribution in [0.25, 0.3) is 0 Å². The zero-order valence-electron chi connectivity index (χ0n) is 13.6. The number of nitrogens with one attached hydrogen (secondary N) is 1. The molecule has 0 aliphatic heterocycles. The summed E-state index contributed by atoms with van der Waals surface area (Å²) in [5.41, 5.74) is 2.48. The molecule has 0 saturated carbocycles. The molecule has 0 atom stereocenters. The molecular weight excluding hydrogens is 290 g/mol. The van der Waals surface area contributed by atoms with E-state index in [0.29, 0.717) is 5.69 Å². The number of carbonyl (C=O) groups is 2. The predicted octanol–water partition coefficient (Wildman–Crippen LogP) is 2.74. The van der Waals surface area contributed by atoms with Crippen molar-refractivity contribution in [2.45, 2.75) is 6.92 Å². The molecule has 5 nitrogen and oxygen atoms in total. The summed E-state index contributed by atoms with van der Waals surface area (Å²) in [7, 11) is 3.59. The van der Waals surface area contributed by atoms with Crippen molar-refractivity contribution >= 4 is 28.9 Å². The van der Waals surface area contributed by atoms with Gasteiger partial charge in [-0.1, -0.05) is 18.2 Å². The molecule has 0 aliphatic rings. The summed E-state index contributed by atoms with van der Waals surface area (Å²) < 4.78 is 0. The Balaban J connectivity index is 1.94. The lowest BCUT2D eigenvalue weighted by atomic mass is 10.2. The molecule has 0 aromatic heterocycles. The zero-order valence-corrected chi connectivity index (χ0v) is 13.6. The van der Waals surface area contributed by atoms with Gasteiger partial charge in [0.1, 0.15) is 0 Å². The van der Waals surface area contributed by atoms with E-state index in [1.807, 2.05) is 42.3 Å². The fourth-order valence-electron chi connectivity index (χ4n) is 2.14. The van der Waals surface area contributed by atoms with Crippen LogP contribution in [0, 0.1) is 0 Å². The third-order valence-corrected chi connectivity index (χ3v) is 3.59. The second-order valence-electron chi connectivity index (χ2n) is 5.36. The van der Waals surface area contributed by atoms with Gasteiger partial charge in [0.05, 0.1) is 6.54 Å². The van der Waals surface area contributed by atoms with E-state index in [9.17, 15) is 9.59 Å². The molecular formula is C18H21N3O2. The summed E-state index contributed by atoms with van der Waals surface area (Å²) in [5.74, 6) is -0.129. The summed E-state index contributed by atoms with van der Waals surface area (Å²) in [6.07, 6.45) is 0. The first-order valence-corrected chi connectivity index (χ1v) is 7.38. The molecule has 2 amide bonds. The highest BCUT2D eigenvalue weighted by molar-refractivity contribution is 5.95. The predicted molar refractivity (Wildman–Crippen MR) is 93.9 cm³/mol. The number of nitrogens with zero attached hydrogens (tertiary/aromatic N) is 2. The van der Waals surface area contributed by atoms with Crippen LogP contribution in [0.4, 0.5) is 17.1 Å². The standard InChI is InChI=1S/C18H21N3O2/c1-14(22)21(3)17-11-9-15(10-12-17)19-18(23)13-20(2)16-7-5-4-6-8-16/h4-12H,13H2,1-3H3,(H,19,23). The maximum atomic E-state index is 12.1. The summed E-state index contributed by atoms with van der Waals surface area (Å²) in [6, 6.07) is 16.9. The van der Waals surface area contributed by atoms with Gasteiger partial charge in [-0.05, 0) is 36.4 Å². The van der Waals surface area contributed by atoms with Crippen LogP contribution in [0.1, 0.15) is 6.92 Å². The second-order valence-corrected chi connectivity index (χ2v) is 5.36. The van der Waals surface area contributed by atoms with Crippen LogP contribution >= 0.6 is 0 Å². The van der Waals surface area contributed by atoms with Gasteiger partial charge in [-0.25, -0.2) is 0 Å². The van der Waals surface area contributed by atoms with Gasteiger partial charge in [-0.2, -0.15) is 0 Å². The molecule has 0 spiro atoms. The molecule has 0 unspecified atom stereocenters. The van der Waals surface area contributed by atoms with Crippen LogP contribution in [0.15, 0.2) is 54.6 Å². The SMILES string of the molecule is CC(=O)N(C)c1ccc(NC(=O)CN(C)c2ccccc2)cc1. The van der Waals surface area contributed by atoms with E-state index in [1.54, 1.807) is 36.2 Å². The van der Waals surface area contributed by atoms with E-state index >= 15 is 0 Å². The molecule has 0 bridgehead atoms. The Kier molecular flexibility index (Phi) is 5.36. The van der Waals surface area contributed by atoms with Crippen LogP contribution in [-0.2, 0) is 9.59 Å². The molecule has 1 N–H and O–H groups in total. The highest BCUT2D eigenvalue weighted by Gasteiger charge is 2.09. The largest absolute Gasteiger partial charge is 0.365 e. The molecule has 2 aromatic carbocycles. The van der Waals surface area contributed by atoms with Crippen molar-refractivity contribution in [1.29, 1.82) is 0 Å². The van der Waals surface area contributed by atoms with Gasteiger partial charge >= 0.3 is 0 Å².